The third-order valence-corrected chi connectivity index (χ3v) is 5.00. The molecule has 1 N–H and O–H groups in total. The largest absolute Gasteiger partial charge is 0.391 e. The number of amides is 1. The molecule has 6 nitrogen and oxygen atoms in total. The number of aryl methyl sites for hydroxylation is 1. The fourth-order valence-corrected chi connectivity index (χ4v) is 3.42. The van der Waals surface area contributed by atoms with Crippen LogP contribution in [0.1, 0.15) is 45.7 Å². The molecule has 1 amide bonds. The van der Waals surface area contributed by atoms with E-state index >= 15 is 0 Å². The van der Waals surface area contributed by atoms with Gasteiger partial charge in [0.15, 0.2) is 0 Å². The summed E-state index contributed by atoms with van der Waals surface area (Å²) in [6, 6.07) is 13.6. The summed E-state index contributed by atoms with van der Waals surface area (Å²) in [5.74, 6) is -0.680. The number of carbonyl (C=O) groups is 1. The van der Waals surface area contributed by atoms with E-state index in [0.717, 1.165) is 22.5 Å². The summed E-state index contributed by atoms with van der Waals surface area (Å²) in [5, 5.41) is 7.04. The van der Waals surface area contributed by atoms with Gasteiger partial charge in [-0.1, -0.05) is 29.4 Å². The van der Waals surface area contributed by atoms with Gasteiger partial charge in [-0.25, -0.2) is 4.39 Å². The number of halogens is 1. The predicted octanol–water partition coefficient (Wildman–Crippen LogP) is 3.76. The molecule has 2 atom stereocenters. The lowest BCUT2D eigenvalue weighted by atomic mass is 9.86. The fraction of sp³-hybridized carbons (Fsp3) is 0.217. The number of benzene rings is 2. The van der Waals surface area contributed by atoms with Gasteiger partial charge >= 0.3 is 0 Å². The minimum atomic E-state index is -0.295. The molecular weight excluding hydrogens is 383 g/mol. The standard InChI is InChI=1S/C23H21FN4O2/c1-14-11-26-20(12-25-14)13-27-23(29)17-8-6-16(7-9-17)22-21(15(2)30-28-22)18-4-3-5-19(24)10-18/h3-12,15,21H,13H2,1-2H3,(H,27,29). The molecular formula is C23H21FN4O2. The number of nitrogens with one attached hydrogen (secondary N) is 1. The lowest BCUT2D eigenvalue weighted by Gasteiger charge is -2.16. The Balaban J connectivity index is 1.47. The van der Waals surface area contributed by atoms with Gasteiger partial charge < -0.3 is 10.2 Å². The lowest BCUT2D eigenvalue weighted by molar-refractivity contribution is 0.0904. The zero-order valence-corrected chi connectivity index (χ0v) is 16.7. The summed E-state index contributed by atoms with van der Waals surface area (Å²) in [4.78, 5) is 26.3. The Hall–Kier alpha value is -3.61. The van der Waals surface area contributed by atoms with Crippen molar-refractivity contribution in [1.82, 2.24) is 15.3 Å². The second-order valence-electron chi connectivity index (χ2n) is 7.23. The first-order valence-corrected chi connectivity index (χ1v) is 9.66. The van der Waals surface area contributed by atoms with Gasteiger partial charge in [-0.3, -0.25) is 14.8 Å². The number of hydrogen-bond donors (Lipinski definition) is 1. The quantitative estimate of drug-likeness (QED) is 0.703. The Bertz CT molecular complexity index is 1080. The number of nitrogens with zero attached hydrogens (tertiary/aromatic N) is 3. The Morgan fingerprint density at radius 3 is 2.63 bits per heavy atom. The predicted molar refractivity (Wildman–Crippen MR) is 111 cm³/mol. The monoisotopic (exact) mass is 404 g/mol. The normalized spacial score (nSPS) is 17.9. The fourth-order valence-electron chi connectivity index (χ4n) is 3.42. The van der Waals surface area contributed by atoms with E-state index in [-0.39, 0.29) is 23.7 Å². The maximum atomic E-state index is 13.7. The van der Waals surface area contributed by atoms with Crippen LogP contribution in [-0.4, -0.2) is 27.7 Å². The first kappa shape index (κ1) is 19.7. The van der Waals surface area contributed by atoms with Crippen LogP contribution in [0.25, 0.3) is 0 Å². The van der Waals surface area contributed by atoms with Gasteiger partial charge in [0, 0.05) is 17.3 Å². The maximum Gasteiger partial charge on any atom is 0.251 e. The molecule has 2 unspecified atom stereocenters. The van der Waals surface area contributed by atoms with Crippen molar-refractivity contribution >= 4 is 11.6 Å². The van der Waals surface area contributed by atoms with Gasteiger partial charge in [-0.05, 0) is 43.7 Å². The van der Waals surface area contributed by atoms with Crippen LogP contribution < -0.4 is 5.32 Å². The minimum absolute atomic E-state index is 0.180. The van der Waals surface area contributed by atoms with Crippen LogP contribution in [0.4, 0.5) is 4.39 Å². The third-order valence-electron chi connectivity index (χ3n) is 5.00. The van der Waals surface area contributed by atoms with E-state index in [2.05, 4.69) is 20.4 Å². The topological polar surface area (TPSA) is 76.5 Å². The average Bonchev–Trinajstić information content (AvgIpc) is 3.14. The minimum Gasteiger partial charge on any atom is -0.391 e. The molecule has 0 saturated heterocycles. The van der Waals surface area contributed by atoms with E-state index in [1.807, 2.05) is 32.0 Å². The molecule has 0 saturated carbocycles. The molecule has 2 aromatic carbocycles. The number of oxime groups is 1. The van der Waals surface area contributed by atoms with E-state index in [1.165, 1.54) is 12.1 Å². The van der Waals surface area contributed by atoms with Crippen LogP contribution >= 0.6 is 0 Å². The number of carbonyl (C=O) groups excluding carboxylic acids is 1. The third kappa shape index (κ3) is 4.20. The van der Waals surface area contributed by atoms with Crippen LogP contribution in [0.3, 0.4) is 0 Å². The Morgan fingerprint density at radius 1 is 1.13 bits per heavy atom. The molecule has 0 radical (unpaired) electrons. The first-order valence-electron chi connectivity index (χ1n) is 9.66. The highest BCUT2D eigenvalue weighted by atomic mass is 19.1. The highest BCUT2D eigenvalue weighted by Crippen LogP contribution is 2.32. The van der Waals surface area contributed by atoms with Gasteiger partial charge in [-0.2, -0.15) is 0 Å². The molecule has 3 aromatic rings. The van der Waals surface area contributed by atoms with E-state index < -0.39 is 0 Å². The highest BCUT2D eigenvalue weighted by Gasteiger charge is 2.33. The Labute approximate surface area is 173 Å². The van der Waals surface area contributed by atoms with Crippen LogP contribution in [0.5, 0.6) is 0 Å². The molecule has 0 fully saturated rings. The van der Waals surface area contributed by atoms with Gasteiger partial charge in [-0.15, -0.1) is 0 Å². The smallest absolute Gasteiger partial charge is 0.251 e. The number of hydrogen-bond acceptors (Lipinski definition) is 5. The van der Waals surface area contributed by atoms with Crippen LogP contribution in [-0.2, 0) is 11.4 Å². The van der Waals surface area contributed by atoms with Crippen LogP contribution in [0.2, 0.25) is 0 Å². The second-order valence-corrected chi connectivity index (χ2v) is 7.23. The molecule has 1 aromatic heterocycles. The van der Waals surface area contributed by atoms with Crippen molar-refractivity contribution in [1.29, 1.82) is 0 Å². The second kappa shape index (κ2) is 8.41. The van der Waals surface area contributed by atoms with Crippen molar-refractivity contribution in [2.45, 2.75) is 32.4 Å². The van der Waals surface area contributed by atoms with E-state index in [1.54, 1.807) is 30.6 Å². The summed E-state index contributed by atoms with van der Waals surface area (Å²) in [6.45, 7) is 4.06. The summed E-state index contributed by atoms with van der Waals surface area (Å²) >= 11 is 0. The van der Waals surface area contributed by atoms with E-state index in [0.29, 0.717) is 17.8 Å². The van der Waals surface area contributed by atoms with Gasteiger partial charge in [0.05, 0.1) is 35.8 Å². The average molecular weight is 404 g/mol. The molecule has 0 bridgehead atoms. The summed E-state index contributed by atoms with van der Waals surface area (Å²) in [7, 11) is 0. The van der Waals surface area contributed by atoms with E-state index in [4.69, 9.17) is 4.84 Å². The summed E-state index contributed by atoms with van der Waals surface area (Å²) < 4.78 is 13.7. The van der Waals surface area contributed by atoms with Gasteiger partial charge in [0.25, 0.3) is 5.91 Å². The molecule has 1 aliphatic rings. The maximum absolute atomic E-state index is 13.7. The highest BCUT2D eigenvalue weighted by molar-refractivity contribution is 6.06. The molecule has 30 heavy (non-hydrogen) atoms. The molecule has 152 valence electrons. The van der Waals surface area contributed by atoms with Crippen molar-refractivity contribution in [2.75, 3.05) is 0 Å². The van der Waals surface area contributed by atoms with Gasteiger partial charge in [0.2, 0.25) is 0 Å². The number of rotatable bonds is 5. The Kier molecular flexibility index (Phi) is 5.52. The molecule has 4 rings (SSSR count). The van der Waals surface area contributed by atoms with Crippen molar-refractivity contribution in [3.63, 3.8) is 0 Å². The molecule has 2 heterocycles. The molecule has 0 spiro atoms. The van der Waals surface area contributed by atoms with Crippen molar-refractivity contribution in [3.8, 4) is 0 Å². The molecule has 1 aliphatic heterocycles. The summed E-state index contributed by atoms with van der Waals surface area (Å²) in [5.41, 5.74) is 4.39. The molecule has 0 aliphatic carbocycles. The van der Waals surface area contributed by atoms with Crippen LogP contribution in [0.15, 0.2) is 66.1 Å². The van der Waals surface area contributed by atoms with Gasteiger partial charge in [0.1, 0.15) is 11.9 Å². The lowest BCUT2D eigenvalue weighted by Crippen LogP contribution is -2.23. The van der Waals surface area contributed by atoms with Crippen LogP contribution in [0, 0.1) is 12.7 Å². The van der Waals surface area contributed by atoms with Crippen molar-refractivity contribution in [2.24, 2.45) is 5.16 Å². The first-order chi connectivity index (χ1) is 14.5. The Morgan fingerprint density at radius 2 is 1.93 bits per heavy atom. The van der Waals surface area contributed by atoms with Crippen molar-refractivity contribution < 1.29 is 14.0 Å². The molecule has 7 heteroatoms. The SMILES string of the molecule is Cc1cnc(CNC(=O)c2ccc(C3=NOC(C)C3c3cccc(F)c3)cc2)cn1. The summed E-state index contributed by atoms with van der Waals surface area (Å²) in [6.07, 6.45) is 3.10. The zero-order valence-electron chi connectivity index (χ0n) is 16.7. The van der Waals surface area contributed by atoms with E-state index in [9.17, 15) is 9.18 Å². The number of aromatic nitrogens is 2. The zero-order chi connectivity index (χ0) is 21.1. The van der Waals surface area contributed by atoms with Crippen molar-refractivity contribution in [3.05, 3.63) is 94.8 Å².